The van der Waals surface area contributed by atoms with Gasteiger partial charge in [0.1, 0.15) is 12.6 Å². The highest BCUT2D eigenvalue weighted by Gasteiger charge is 2.31. The first-order chi connectivity index (χ1) is 13.8. The molecule has 2 amide bonds. The molecule has 1 heterocycles. The molecule has 2 atom stereocenters. The molecule has 2 aromatic rings. The first-order valence-corrected chi connectivity index (χ1v) is 10.4. The van der Waals surface area contributed by atoms with Crippen LogP contribution in [0, 0.1) is 19.8 Å². The second-order valence-electron chi connectivity index (χ2n) is 8.52. The summed E-state index contributed by atoms with van der Waals surface area (Å²) in [6, 6.07) is 13.4. The van der Waals surface area contributed by atoms with Gasteiger partial charge in [-0.2, -0.15) is 0 Å². The topological polar surface area (TPSA) is 74.8 Å². The summed E-state index contributed by atoms with van der Waals surface area (Å²) < 4.78 is 0. The van der Waals surface area contributed by atoms with E-state index in [0.29, 0.717) is 18.8 Å². The number of benzene rings is 2. The van der Waals surface area contributed by atoms with Gasteiger partial charge in [0.15, 0.2) is 6.04 Å². The molecular weight excluding hydrogens is 362 g/mol. The smallest absolute Gasteiger partial charge is 0.279 e. The summed E-state index contributed by atoms with van der Waals surface area (Å²) in [5.74, 6) is 0.0670. The molecule has 5 heteroatoms. The van der Waals surface area contributed by atoms with E-state index in [2.05, 4.69) is 41.9 Å². The van der Waals surface area contributed by atoms with Crippen molar-refractivity contribution in [1.82, 2.24) is 5.32 Å². The number of anilines is 1. The van der Waals surface area contributed by atoms with Gasteiger partial charge in [-0.15, -0.1) is 0 Å². The molecule has 2 aromatic carbocycles. The van der Waals surface area contributed by atoms with Crippen LogP contribution in [0.3, 0.4) is 0 Å². The Morgan fingerprint density at radius 1 is 1.10 bits per heavy atom. The first kappa shape index (κ1) is 21.1. The fourth-order valence-corrected chi connectivity index (χ4v) is 3.90. The molecule has 0 unspecified atom stereocenters. The maximum absolute atomic E-state index is 13.0. The monoisotopic (exact) mass is 394 g/mol. The number of nitrogens with two attached hydrogens (primary N) is 1. The Labute approximate surface area is 173 Å². The standard InChI is InChI=1S/C24H31N3O2/c1-15(2)11-22(24(29)26-20-10-9-16(3)12-17(20)4)27-23(28)21-13-18-7-5-6-8-19(18)14-25-21/h5-10,12,15,21-22,25H,11,13-14H2,1-4H3,(H,26,29)(H,27,28)/p+1/t21-,22+/m0/s1. The van der Waals surface area contributed by atoms with Crippen molar-refractivity contribution >= 4 is 17.5 Å². The van der Waals surface area contributed by atoms with Crippen molar-refractivity contribution in [3.63, 3.8) is 0 Å². The molecule has 3 rings (SSSR count). The minimum Gasteiger partial charge on any atom is -0.339 e. The normalized spacial score (nSPS) is 16.8. The predicted octanol–water partition coefficient (Wildman–Crippen LogP) is 2.46. The molecule has 0 aromatic heterocycles. The first-order valence-electron chi connectivity index (χ1n) is 10.4. The minimum absolute atomic E-state index is 0.0686. The highest BCUT2D eigenvalue weighted by Crippen LogP contribution is 2.18. The molecule has 4 N–H and O–H groups in total. The lowest BCUT2D eigenvalue weighted by Gasteiger charge is -2.26. The summed E-state index contributed by atoms with van der Waals surface area (Å²) >= 11 is 0. The largest absolute Gasteiger partial charge is 0.339 e. The Bertz CT molecular complexity index is 891. The van der Waals surface area contributed by atoms with Gasteiger partial charge >= 0.3 is 0 Å². The van der Waals surface area contributed by atoms with E-state index in [9.17, 15) is 9.59 Å². The van der Waals surface area contributed by atoms with Crippen LogP contribution in [-0.4, -0.2) is 23.9 Å². The van der Waals surface area contributed by atoms with Gasteiger partial charge in [0.05, 0.1) is 0 Å². The highest BCUT2D eigenvalue weighted by molar-refractivity contribution is 5.98. The van der Waals surface area contributed by atoms with Crippen LogP contribution >= 0.6 is 0 Å². The second kappa shape index (κ2) is 9.23. The van der Waals surface area contributed by atoms with Gasteiger partial charge in [-0.25, -0.2) is 0 Å². The lowest BCUT2D eigenvalue weighted by atomic mass is 9.95. The Kier molecular flexibility index (Phi) is 6.70. The van der Waals surface area contributed by atoms with Gasteiger partial charge in [0.2, 0.25) is 5.91 Å². The lowest BCUT2D eigenvalue weighted by Crippen LogP contribution is -2.93. The average molecular weight is 395 g/mol. The number of hydrogen-bond acceptors (Lipinski definition) is 2. The quantitative estimate of drug-likeness (QED) is 0.704. The van der Waals surface area contributed by atoms with Crippen LogP contribution in [0.2, 0.25) is 0 Å². The number of amides is 2. The van der Waals surface area contributed by atoms with Gasteiger partial charge in [-0.1, -0.05) is 55.8 Å². The fourth-order valence-electron chi connectivity index (χ4n) is 3.90. The molecule has 29 heavy (non-hydrogen) atoms. The van der Waals surface area contributed by atoms with Crippen LogP contribution in [0.1, 0.15) is 42.5 Å². The average Bonchev–Trinajstić information content (AvgIpc) is 2.68. The Balaban J connectivity index is 1.68. The number of quaternary nitrogens is 1. The Hall–Kier alpha value is -2.66. The molecule has 5 nitrogen and oxygen atoms in total. The number of carbonyl (C=O) groups is 2. The van der Waals surface area contributed by atoms with E-state index in [1.165, 1.54) is 11.1 Å². The molecule has 0 spiro atoms. The van der Waals surface area contributed by atoms with Crippen molar-refractivity contribution in [2.75, 3.05) is 5.32 Å². The van der Waals surface area contributed by atoms with Crippen molar-refractivity contribution in [1.29, 1.82) is 0 Å². The molecule has 0 fully saturated rings. The second-order valence-corrected chi connectivity index (χ2v) is 8.52. The van der Waals surface area contributed by atoms with E-state index in [1.807, 2.05) is 44.2 Å². The van der Waals surface area contributed by atoms with Crippen LogP contribution < -0.4 is 16.0 Å². The van der Waals surface area contributed by atoms with Gasteiger partial charge < -0.3 is 16.0 Å². The van der Waals surface area contributed by atoms with Gasteiger partial charge in [0.25, 0.3) is 5.91 Å². The van der Waals surface area contributed by atoms with Crippen molar-refractivity contribution in [3.05, 3.63) is 64.7 Å². The Morgan fingerprint density at radius 2 is 1.83 bits per heavy atom. The Morgan fingerprint density at radius 3 is 2.52 bits per heavy atom. The third-order valence-electron chi connectivity index (χ3n) is 5.50. The van der Waals surface area contributed by atoms with Crippen molar-refractivity contribution in [2.45, 2.75) is 59.2 Å². The molecule has 1 aliphatic heterocycles. The summed E-state index contributed by atoms with van der Waals surface area (Å²) in [6.07, 6.45) is 1.29. The number of rotatable bonds is 6. The van der Waals surface area contributed by atoms with E-state index >= 15 is 0 Å². The molecular formula is C24H32N3O2+. The summed E-state index contributed by atoms with van der Waals surface area (Å²) in [6.45, 7) is 8.92. The summed E-state index contributed by atoms with van der Waals surface area (Å²) in [4.78, 5) is 25.9. The zero-order valence-corrected chi connectivity index (χ0v) is 17.8. The van der Waals surface area contributed by atoms with Crippen molar-refractivity contribution in [3.8, 4) is 0 Å². The summed E-state index contributed by atoms with van der Waals surface area (Å²) in [7, 11) is 0. The minimum atomic E-state index is -0.547. The van der Waals surface area contributed by atoms with Gasteiger partial charge in [-0.05, 0) is 43.4 Å². The van der Waals surface area contributed by atoms with E-state index in [0.717, 1.165) is 23.4 Å². The molecule has 0 saturated carbocycles. The summed E-state index contributed by atoms with van der Waals surface area (Å²) in [5.41, 5.74) is 5.46. The van der Waals surface area contributed by atoms with Gasteiger partial charge in [0, 0.05) is 17.7 Å². The third-order valence-corrected chi connectivity index (χ3v) is 5.50. The molecule has 0 aliphatic carbocycles. The van der Waals surface area contributed by atoms with Crippen molar-refractivity contribution in [2.24, 2.45) is 5.92 Å². The zero-order valence-electron chi connectivity index (χ0n) is 17.8. The number of nitrogens with one attached hydrogen (secondary N) is 2. The van der Waals surface area contributed by atoms with E-state index < -0.39 is 6.04 Å². The van der Waals surface area contributed by atoms with Crippen molar-refractivity contribution < 1.29 is 14.9 Å². The molecule has 0 radical (unpaired) electrons. The van der Waals surface area contributed by atoms with Crippen LogP contribution in [0.5, 0.6) is 0 Å². The highest BCUT2D eigenvalue weighted by atomic mass is 16.2. The van der Waals surface area contributed by atoms with Crippen LogP contribution in [0.4, 0.5) is 5.69 Å². The third kappa shape index (κ3) is 5.45. The predicted molar refractivity (Wildman–Crippen MR) is 115 cm³/mol. The van der Waals surface area contributed by atoms with Crippen LogP contribution in [0.25, 0.3) is 0 Å². The fraction of sp³-hybridized carbons (Fsp3) is 0.417. The van der Waals surface area contributed by atoms with E-state index in [4.69, 9.17) is 0 Å². The van der Waals surface area contributed by atoms with Crippen LogP contribution in [-0.2, 0) is 22.6 Å². The molecule has 0 bridgehead atoms. The number of hydrogen-bond donors (Lipinski definition) is 3. The lowest BCUT2D eigenvalue weighted by molar-refractivity contribution is -0.695. The van der Waals surface area contributed by atoms with Gasteiger partial charge in [-0.3, -0.25) is 9.59 Å². The number of aryl methyl sites for hydroxylation is 2. The van der Waals surface area contributed by atoms with Crippen LogP contribution in [0.15, 0.2) is 42.5 Å². The maximum atomic E-state index is 13.0. The SMILES string of the molecule is Cc1ccc(NC(=O)[C@@H](CC(C)C)NC(=O)[C@@H]2Cc3ccccc3C[NH2+]2)c(C)c1. The molecule has 0 saturated heterocycles. The molecule has 1 aliphatic rings. The summed E-state index contributed by atoms with van der Waals surface area (Å²) in [5, 5.41) is 8.08. The van der Waals surface area contributed by atoms with E-state index in [1.54, 1.807) is 0 Å². The number of fused-ring (bicyclic) bond motifs is 1. The van der Waals surface area contributed by atoms with E-state index in [-0.39, 0.29) is 17.9 Å². The number of carbonyl (C=O) groups excluding carboxylic acids is 2. The molecule has 154 valence electrons. The maximum Gasteiger partial charge on any atom is 0.279 e. The zero-order chi connectivity index (χ0) is 21.0.